The summed E-state index contributed by atoms with van der Waals surface area (Å²) in [5.41, 5.74) is 1.50. The Balaban J connectivity index is 1.92. The SMILES string of the molecule is CC1CC(O)(c2ccc3c(c2)CCO3)CCO1. The third kappa shape index (κ3) is 1.94. The van der Waals surface area contributed by atoms with Gasteiger partial charge in [0.25, 0.3) is 0 Å². The molecule has 3 rings (SSSR count). The summed E-state index contributed by atoms with van der Waals surface area (Å²) in [7, 11) is 0. The number of benzene rings is 1. The van der Waals surface area contributed by atoms with E-state index in [4.69, 9.17) is 9.47 Å². The van der Waals surface area contributed by atoms with Crippen LogP contribution in [0.3, 0.4) is 0 Å². The van der Waals surface area contributed by atoms with E-state index < -0.39 is 5.60 Å². The molecular weight excluding hydrogens is 216 g/mol. The van der Waals surface area contributed by atoms with Crippen LogP contribution in [0.15, 0.2) is 18.2 Å². The fourth-order valence-electron chi connectivity index (χ4n) is 2.80. The summed E-state index contributed by atoms with van der Waals surface area (Å²) in [6, 6.07) is 6.07. The van der Waals surface area contributed by atoms with Gasteiger partial charge in [0.1, 0.15) is 5.75 Å². The molecule has 0 amide bonds. The minimum atomic E-state index is -0.727. The van der Waals surface area contributed by atoms with Crippen molar-refractivity contribution in [2.24, 2.45) is 0 Å². The molecule has 3 heteroatoms. The molecule has 2 unspecified atom stereocenters. The molecular formula is C14H18O3. The van der Waals surface area contributed by atoms with E-state index in [1.165, 1.54) is 5.56 Å². The van der Waals surface area contributed by atoms with Crippen LogP contribution in [0, 0.1) is 0 Å². The number of rotatable bonds is 1. The van der Waals surface area contributed by atoms with Crippen molar-refractivity contribution in [1.29, 1.82) is 0 Å². The molecule has 3 nitrogen and oxygen atoms in total. The van der Waals surface area contributed by atoms with Crippen LogP contribution in [-0.4, -0.2) is 24.4 Å². The molecule has 0 aromatic heterocycles. The van der Waals surface area contributed by atoms with Gasteiger partial charge in [0.2, 0.25) is 0 Å². The molecule has 2 atom stereocenters. The minimum Gasteiger partial charge on any atom is -0.493 e. The third-order valence-corrected chi connectivity index (χ3v) is 3.77. The Bertz CT molecular complexity index is 429. The van der Waals surface area contributed by atoms with Crippen LogP contribution in [0.1, 0.15) is 30.9 Å². The lowest BCUT2D eigenvalue weighted by atomic mass is 9.83. The standard InChI is InChI=1S/C14H18O3/c1-10-9-14(15,5-7-16-10)12-2-3-13-11(8-12)4-6-17-13/h2-3,8,10,15H,4-7,9H2,1H3. The molecule has 1 aromatic rings. The van der Waals surface area contributed by atoms with E-state index in [1.807, 2.05) is 19.1 Å². The van der Waals surface area contributed by atoms with Crippen molar-refractivity contribution in [2.45, 2.75) is 37.9 Å². The summed E-state index contributed by atoms with van der Waals surface area (Å²) in [6.45, 7) is 3.41. The minimum absolute atomic E-state index is 0.123. The zero-order chi connectivity index (χ0) is 11.9. The first-order valence-corrected chi connectivity index (χ1v) is 6.28. The fourth-order valence-corrected chi connectivity index (χ4v) is 2.80. The first-order valence-electron chi connectivity index (χ1n) is 6.28. The van der Waals surface area contributed by atoms with Crippen LogP contribution in [0.5, 0.6) is 5.75 Å². The summed E-state index contributed by atoms with van der Waals surface area (Å²) in [5, 5.41) is 10.7. The van der Waals surface area contributed by atoms with Crippen LogP contribution in [0.25, 0.3) is 0 Å². The van der Waals surface area contributed by atoms with Gasteiger partial charge in [-0.05, 0) is 30.2 Å². The van der Waals surface area contributed by atoms with E-state index in [2.05, 4.69) is 6.07 Å². The molecule has 0 radical (unpaired) electrons. The second-order valence-electron chi connectivity index (χ2n) is 5.09. The molecule has 2 aliphatic heterocycles. The molecule has 1 saturated heterocycles. The van der Waals surface area contributed by atoms with Crippen molar-refractivity contribution in [3.8, 4) is 5.75 Å². The van der Waals surface area contributed by atoms with Gasteiger partial charge in [-0.15, -0.1) is 0 Å². The van der Waals surface area contributed by atoms with E-state index in [0.717, 1.165) is 24.3 Å². The second kappa shape index (κ2) is 4.00. The molecule has 1 N–H and O–H groups in total. The lowest BCUT2D eigenvalue weighted by Crippen LogP contribution is -2.37. The Morgan fingerprint density at radius 3 is 3.06 bits per heavy atom. The van der Waals surface area contributed by atoms with Crippen molar-refractivity contribution >= 4 is 0 Å². The van der Waals surface area contributed by atoms with Gasteiger partial charge in [-0.3, -0.25) is 0 Å². The number of hydrogen-bond acceptors (Lipinski definition) is 3. The van der Waals surface area contributed by atoms with E-state index >= 15 is 0 Å². The Hall–Kier alpha value is -1.06. The maximum Gasteiger partial charge on any atom is 0.122 e. The molecule has 0 saturated carbocycles. The Morgan fingerprint density at radius 1 is 1.35 bits per heavy atom. The Kier molecular flexibility index (Phi) is 2.60. The second-order valence-corrected chi connectivity index (χ2v) is 5.09. The van der Waals surface area contributed by atoms with Crippen LogP contribution in [-0.2, 0) is 16.8 Å². The van der Waals surface area contributed by atoms with Gasteiger partial charge in [-0.2, -0.15) is 0 Å². The molecule has 0 bridgehead atoms. The predicted octanol–water partition coefficient (Wildman–Crippen LogP) is 2.01. The highest BCUT2D eigenvalue weighted by molar-refractivity contribution is 5.41. The lowest BCUT2D eigenvalue weighted by Gasteiger charge is -2.36. The van der Waals surface area contributed by atoms with Gasteiger partial charge in [-0.1, -0.05) is 6.07 Å². The van der Waals surface area contributed by atoms with Crippen molar-refractivity contribution < 1.29 is 14.6 Å². The summed E-state index contributed by atoms with van der Waals surface area (Å²) < 4.78 is 11.0. The average Bonchev–Trinajstić information content (AvgIpc) is 2.75. The average molecular weight is 234 g/mol. The topological polar surface area (TPSA) is 38.7 Å². The summed E-state index contributed by atoms with van der Waals surface area (Å²) >= 11 is 0. The van der Waals surface area contributed by atoms with Crippen LogP contribution < -0.4 is 4.74 Å². The van der Waals surface area contributed by atoms with E-state index in [1.54, 1.807) is 0 Å². The smallest absolute Gasteiger partial charge is 0.122 e. The molecule has 0 aliphatic carbocycles. The highest BCUT2D eigenvalue weighted by Crippen LogP contribution is 2.37. The highest BCUT2D eigenvalue weighted by atomic mass is 16.5. The van der Waals surface area contributed by atoms with Gasteiger partial charge in [0.05, 0.1) is 24.9 Å². The van der Waals surface area contributed by atoms with E-state index in [-0.39, 0.29) is 6.10 Å². The number of aliphatic hydroxyl groups is 1. The summed E-state index contributed by atoms with van der Waals surface area (Å²) in [6.07, 6.45) is 2.42. The summed E-state index contributed by atoms with van der Waals surface area (Å²) in [5.74, 6) is 0.970. The van der Waals surface area contributed by atoms with E-state index in [0.29, 0.717) is 19.4 Å². The van der Waals surface area contributed by atoms with Crippen molar-refractivity contribution in [3.05, 3.63) is 29.3 Å². The van der Waals surface area contributed by atoms with E-state index in [9.17, 15) is 5.11 Å². The first kappa shape index (κ1) is 11.1. The molecule has 0 spiro atoms. The zero-order valence-corrected chi connectivity index (χ0v) is 10.1. The molecule has 92 valence electrons. The number of fused-ring (bicyclic) bond motifs is 1. The van der Waals surface area contributed by atoms with Crippen molar-refractivity contribution in [1.82, 2.24) is 0 Å². The Morgan fingerprint density at radius 2 is 2.24 bits per heavy atom. The lowest BCUT2D eigenvalue weighted by molar-refractivity contribution is -0.101. The van der Waals surface area contributed by atoms with Crippen LogP contribution in [0.4, 0.5) is 0 Å². The van der Waals surface area contributed by atoms with Crippen LogP contribution >= 0.6 is 0 Å². The quantitative estimate of drug-likeness (QED) is 0.807. The zero-order valence-electron chi connectivity index (χ0n) is 10.1. The largest absolute Gasteiger partial charge is 0.493 e. The van der Waals surface area contributed by atoms with Gasteiger partial charge in [0, 0.05) is 19.3 Å². The maximum atomic E-state index is 10.7. The van der Waals surface area contributed by atoms with Gasteiger partial charge in [-0.25, -0.2) is 0 Å². The highest BCUT2D eigenvalue weighted by Gasteiger charge is 2.35. The monoisotopic (exact) mass is 234 g/mol. The third-order valence-electron chi connectivity index (χ3n) is 3.77. The van der Waals surface area contributed by atoms with Crippen LogP contribution in [0.2, 0.25) is 0 Å². The predicted molar refractivity (Wildman–Crippen MR) is 64.2 cm³/mol. The fraction of sp³-hybridized carbons (Fsp3) is 0.571. The molecule has 17 heavy (non-hydrogen) atoms. The maximum absolute atomic E-state index is 10.7. The van der Waals surface area contributed by atoms with Gasteiger partial charge >= 0.3 is 0 Å². The normalized spacial score (nSPS) is 32.0. The van der Waals surface area contributed by atoms with Crippen molar-refractivity contribution in [3.63, 3.8) is 0 Å². The number of ether oxygens (including phenoxy) is 2. The molecule has 1 fully saturated rings. The number of hydrogen-bond donors (Lipinski definition) is 1. The molecule has 1 aromatic carbocycles. The van der Waals surface area contributed by atoms with Gasteiger partial charge in [0.15, 0.2) is 0 Å². The van der Waals surface area contributed by atoms with Gasteiger partial charge < -0.3 is 14.6 Å². The first-order chi connectivity index (χ1) is 8.17. The molecule has 2 heterocycles. The molecule has 2 aliphatic rings. The van der Waals surface area contributed by atoms with Crippen molar-refractivity contribution in [2.75, 3.05) is 13.2 Å². The summed E-state index contributed by atoms with van der Waals surface area (Å²) in [4.78, 5) is 0. The Labute approximate surface area is 101 Å².